The highest BCUT2D eigenvalue weighted by atomic mass is 16.5. The van der Waals surface area contributed by atoms with Crippen LogP contribution in [-0.4, -0.2) is 42.0 Å². The van der Waals surface area contributed by atoms with Gasteiger partial charge < -0.3 is 19.7 Å². The van der Waals surface area contributed by atoms with Crippen molar-refractivity contribution in [3.05, 3.63) is 52.6 Å². The SMILES string of the molecule is Cc1cc(CC(C)C)c2c(c1)OC[C@H]1C[C@H](Oc3ccc4c(c3)NC(=O)CC4)CN1C2=O. The molecule has 3 heterocycles. The zero-order valence-electron chi connectivity index (χ0n) is 18.9. The Balaban J connectivity index is 1.36. The second-order valence-electron chi connectivity index (χ2n) is 9.66. The van der Waals surface area contributed by atoms with Gasteiger partial charge in [-0.25, -0.2) is 0 Å². The van der Waals surface area contributed by atoms with Crippen molar-refractivity contribution in [1.82, 2.24) is 4.90 Å². The lowest BCUT2D eigenvalue weighted by Crippen LogP contribution is -2.37. The monoisotopic (exact) mass is 434 g/mol. The van der Waals surface area contributed by atoms with E-state index in [-0.39, 0.29) is 24.0 Å². The molecule has 2 aromatic rings. The molecule has 1 fully saturated rings. The van der Waals surface area contributed by atoms with Crippen LogP contribution < -0.4 is 14.8 Å². The van der Waals surface area contributed by atoms with Gasteiger partial charge in [0.2, 0.25) is 5.91 Å². The van der Waals surface area contributed by atoms with E-state index in [0.29, 0.717) is 36.8 Å². The van der Waals surface area contributed by atoms with Crippen LogP contribution in [0.4, 0.5) is 5.69 Å². The molecular weight excluding hydrogens is 404 g/mol. The number of anilines is 1. The summed E-state index contributed by atoms with van der Waals surface area (Å²) >= 11 is 0. The van der Waals surface area contributed by atoms with Crippen LogP contribution in [0, 0.1) is 12.8 Å². The van der Waals surface area contributed by atoms with Crippen molar-refractivity contribution in [3.8, 4) is 11.5 Å². The number of hydrogen-bond donors (Lipinski definition) is 1. The number of fused-ring (bicyclic) bond motifs is 3. The minimum atomic E-state index is -0.106. The fourth-order valence-corrected chi connectivity index (χ4v) is 5.10. The molecule has 2 atom stereocenters. The van der Waals surface area contributed by atoms with Gasteiger partial charge in [0.1, 0.15) is 24.2 Å². The molecule has 0 saturated carbocycles. The average Bonchev–Trinajstić information content (AvgIpc) is 3.08. The number of ether oxygens (including phenoxy) is 2. The van der Waals surface area contributed by atoms with Crippen LogP contribution in [0.25, 0.3) is 0 Å². The first kappa shape index (κ1) is 20.9. The number of benzene rings is 2. The molecule has 3 aliphatic heterocycles. The summed E-state index contributed by atoms with van der Waals surface area (Å²) in [6.45, 7) is 7.39. The Kier molecular flexibility index (Phi) is 5.31. The summed E-state index contributed by atoms with van der Waals surface area (Å²) in [6.07, 6.45) is 2.74. The maximum atomic E-state index is 13.6. The first-order valence-corrected chi connectivity index (χ1v) is 11.5. The summed E-state index contributed by atoms with van der Waals surface area (Å²) in [7, 11) is 0. The van der Waals surface area contributed by atoms with Gasteiger partial charge in [-0.1, -0.05) is 26.0 Å². The van der Waals surface area contributed by atoms with Crippen molar-refractivity contribution in [3.63, 3.8) is 0 Å². The van der Waals surface area contributed by atoms with Crippen molar-refractivity contribution < 1.29 is 19.1 Å². The molecule has 5 rings (SSSR count). The summed E-state index contributed by atoms with van der Waals surface area (Å²) in [5.74, 6) is 1.97. The first-order valence-electron chi connectivity index (χ1n) is 11.5. The molecule has 0 aromatic heterocycles. The van der Waals surface area contributed by atoms with Crippen LogP contribution in [0.2, 0.25) is 0 Å². The third-order valence-corrected chi connectivity index (χ3v) is 6.52. The number of carbonyl (C=O) groups excluding carboxylic acids is 2. The topological polar surface area (TPSA) is 67.9 Å². The Bertz CT molecular complexity index is 1080. The second kappa shape index (κ2) is 8.15. The van der Waals surface area contributed by atoms with E-state index in [9.17, 15) is 9.59 Å². The zero-order chi connectivity index (χ0) is 22.4. The van der Waals surface area contributed by atoms with Crippen LogP contribution in [-0.2, 0) is 17.6 Å². The minimum Gasteiger partial charge on any atom is -0.491 e. The largest absolute Gasteiger partial charge is 0.491 e. The van der Waals surface area contributed by atoms with Crippen molar-refractivity contribution in [2.75, 3.05) is 18.5 Å². The first-order chi connectivity index (χ1) is 15.4. The summed E-state index contributed by atoms with van der Waals surface area (Å²) in [4.78, 5) is 27.3. The Morgan fingerprint density at radius 1 is 1.19 bits per heavy atom. The highest BCUT2D eigenvalue weighted by Gasteiger charge is 2.41. The number of aryl methyl sites for hydroxylation is 2. The molecule has 0 radical (unpaired) electrons. The molecule has 32 heavy (non-hydrogen) atoms. The molecule has 6 heteroatoms. The van der Waals surface area contributed by atoms with Gasteiger partial charge in [0.05, 0.1) is 18.2 Å². The molecular formula is C26H30N2O4. The number of nitrogens with zero attached hydrogens (tertiary/aromatic N) is 1. The van der Waals surface area contributed by atoms with Gasteiger partial charge in [0.15, 0.2) is 0 Å². The van der Waals surface area contributed by atoms with Crippen LogP contribution in [0.15, 0.2) is 30.3 Å². The molecule has 1 saturated heterocycles. The molecule has 2 aromatic carbocycles. The predicted octanol–water partition coefficient (Wildman–Crippen LogP) is 4.13. The summed E-state index contributed by atoms with van der Waals surface area (Å²) in [5, 5.41) is 2.92. The van der Waals surface area contributed by atoms with E-state index in [4.69, 9.17) is 9.47 Å². The van der Waals surface area contributed by atoms with Crippen LogP contribution >= 0.6 is 0 Å². The normalized spacial score (nSPS) is 21.9. The molecule has 168 valence electrons. The number of hydrogen-bond acceptors (Lipinski definition) is 4. The van der Waals surface area contributed by atoms with E-state index >= 15 is 0 Å². The summed E-state index contributed by atoms with van der Waals surface area (Å²) in [6, 6.07) is 9.96. The number of nitrogens with one attached hydrogen (secondary N) is 1. The van der Waals surface area contributed by atoms with Crippen LogP contribution in [0.5, 0.6) is 11.5 Å². The Hall–Kier alpha value is -3.02. The van der Waals surface area contributed by atoms with E-state index in [1.54, 1.807) is 0 Å². The van der Waals surface area contributed by atoms with E-state index in [1.807, 2.05) is 29.2 Å². The number of amides is 2. The van der Waals surface area contributed by atoms with E-state index in [2.05, 4.69) is 32.2 Å². The van der Waals surface area contributed by atoms with Crippen LogP contribution in [0.3, 0.4) is 0 Å². The third-order valence-electron chi connectivity index (χ3n) is 6.52. The molecule has 0 unspecified atom stereocenters. The minimum absolute atomic E-state index is 0.00978. The third kappa shape index (κ3) is 3.94. The molecule has 1 N–H and O–H groups in total. The average molecular weight is 435 g/mol. The van der Waals surface area contributed by atoms with Crippen molar-refractivity contribution in [2.45, 2.75) is 58.6 Å². The Labute approximate surface area is 188 Å². The Morgan fingerprint density at radius 3 is 2.84 bits per heavy atom. The van der Waals surface area contributed by atoms with Crippen molar-refractivity contribution >= 4 is 17.5 Å². The zero-order valence-corrected chi connectivity index (χ0v) is 18.9. The van der Waals surface area contributed by atoms with Gasteiger partial charge >= 0.3 is 0 Å². The lowest BCUT2D eigenvalue weighted by atomic mass is 9.94. The smallest absolute Gasteiger partial charge is 0.258 e. The highest BCUT2D eigenvalue weighted by molar-refractivity contribution is 5.99. The maximum Gasteiger partial charge on any atom is 0.258 e. The van der Waals surface area contributed by atoms with Gasteiger partial charge in [-0.2, -0.15) is 0 Å². The van der Waals surface area contributed by atoms with Gasteiger partial charge in [0, 0.05) is 24.6 Å². The Morgan fingerprint density at radius 2 is 2.03 bits per heavy atom. The fourth-order valence-electron chi connectivity index (χ4n) is 5.10. The lowest BCUT2D eigenvalue weighted by molar-refractivity contribution is -0.116. The fraction of sp³-hybridized carbons (Fsp3) is 0.462. The molecule has 6 nitrogen and oxygen atoms in total. The van der Waals surface area contributed by atoms with E-state index in [1.165, 1.54) is 0 Å². The van der Waals surface area contributed by atoms with Crippen LogP contribution in [0.1, 0.15) is 53.7 Å². The molecule has 0 bridgehead atoms. The van der Waals surface area contributed by atoms with E-state index < -0.39 is 0 Å². The maximum absolute atomic E-state index is 13.6. The van der Waals surface area contributed by atoms with Gasteiger partial charge in [-0.15, -0.1) is 0 Å². The number of rotatable bonds is 4. The quantitative estimate of drug-likeness (QED) is 0.786. The molecule has 0 spiro atoms. The van der Waals surface area contributed by atoms with Gasteiger partial charge in [-0.05, 0) is 54.5 Å². The highest BCUT2D eigenvalue weighted by Crippen LogP contribution is 2.35. The summed E-state index contributed by atoms with van der Waals surface area (Å²) < 4.78 is 12.4. The molecule has 0 aliphatic carbocycles. The van der Waals surface area contributed by atoms with Crippen molar-refractivity contribution in [2.24, 2.45) is 5.92 Å². The van der Waals surface area contributed by atoms with E-state index in [0.717, 1.165) is 47.4 Å². The summed E-state index contributed by atoms with van der Waals surface area (Å²) in [5.41, 5.74) is 4.85. The standard InChI is InChI=1S/C26H30N2O4/c1-15(2)8-18-9-16(3)10-23-25(18)26(30)28-13-21(11-19(28)14-31-23)32-20-6-4-17-5-7-24(29)27-22(17)12-20/h4,6,9-10,12,15,19,21H,5,7-8,11,13-14H2,1-3H3,(H,27,29)/t19-,21+/m1/s1. The lowest BCUT2D eigenvalue weighted by Gasteiger charge is -2.22. The number of carbonyl (C=O) groups is 2. The van der Waals surface area contributed by atoms with Gasteiger partial charge in [-0.3, -0.25) is 9.59 Å². The molecule has 2 amide bonds. The predicted molar refractivity (Wildman–Crippen MR) is 122 cm³/mol. The molecule has 3 aliphatic rings. The van der Waals surface area contributed by atoms with Crippen molar-refractivity contribution in [1.29, 1.82) is 0 Å². The van der Waals surface area contributed by atoms with Gasteiger partial charge in [0.25, 0.3) is 5.91 Å². The second-order valence-corrected chi connectivity index (χ2v) is 9.66.